The number of aromatic nitrogens is 2. The van der Waals surface area contributed by atoms with E-state index in [1.54, 1.807) is 0 Å². The Labute approximate surface area is 148 Å². The summed E-state index contributed by atoms with van der Waals surface area (Å²) < 4.78 is 26.5. The third kappa shape index (κ3) is 3.10. The molecule has 0 atom stereocenters. The fraction of sp³-hybridized carbons (Fsp3) is 0.611. The van der Waals surface area contributed by atoms with Crippen LogP contribution in [0.25, 0.3) is 0 Å². The molecule has 1 aromatic heterocycles. The van der Waals surface area contributed by atoms with E-state index in [4.69, 9.17) is 0 Å². The molecule has 4 fully saturated rings. The first-order valence-electron chi connectivity index (χ1n) is 8.88. The Bertz CT molecular complexity index is 782. The molecule has 4 aliphatic carbocycles. The van der Waals surface area contributed by atoms with Crippen LogP contribution in [0.5, 0.6) is 0 Å². The quantitative estimate of drug-likeness (QED) is 0.832. The van der Waals surface area contributed by atoms with Crippen molar-refractivity contribution < 1.29 is 13.2 Å². The van der Waals surface area contributed by atoms with Gasteiger partial charge in [0.1, 0.15) is 0 Å². The Balaban J connectivity index is 1.52. The normalized spacial score (nSPS) is 34.1. The number of nitrogens with zero attached hydrogens (tertiary/aromatic N) is 2. The molecule has 6 nitrogen and oxygen atoms in total. The van der Waals surface area contributed by atoms with Gasteiger partial charge in [-0.15, -0.1) is 0 Å². The first kappa shape index (κ1) is 16.7. The minimum Gasteiger partial charge on any atom is -0.269 e. The Kier molecular flexibility index (Phi) is 3.94. The van der Waals surface area contributed by atoms with Crippen LogP contribution < -0.4 is 4.72 Å². The number of amides is 1. The second-order valence-corrected chi connectivity index (χ2v) is 9.67. The standard InChI is InChI=1S/C18H23N3O3S/c1-12(18-8-13-5-14(9-18)7-15(6-13)10-18)4-16(22)21-25(23,24)17-11-19-2-3-20-17/h2-4,11,13-15H,5-10H2,1H3,(H,21,22). The third-order valence-corrected chi connectivity index (χ3v) is 7.50. The molecular weight excluding hydrogens is 338 g/mol. The third-order valence-electron chi connectivity index (χ3n) is 6.27. The lowest BCUT2D eigenvalue weighted by Crippen LogP contribution is -2.46. The van der Waals surface area contributed by atoms with Crippen LogP contribution in [0.1, 0.15) is 45.4 Å². The SMILES string of the molecule is CC(=CC(=O)NS(=O)(=O)c1cnccn1)C12CC3CC(CC(C3)C1)C2. The van der Waals surface area contributed by atoms with Crippen LogP contribution in [0.3, 0.4) is 0 Å². The summed E-state index contributed by atoms with van der Waals surface area (Å²) in [4.78, 5) is 19.8. The highest BCUT2D eigenvalue weighted by molar-refractivity contribution is 7.90. The zero-order valence-corrected chi connectivity index (χ0v) is 15.1. The van der Waals surface area contributed by atoms with E-state index in [2.05, 4.69) is 14.7 Å². The Morgan fingerprint density at radius 1 is 1.16 bits per heavy atom. The molecule has 1 N–H and O–H groups in total. The summed E-state index contributed by atoms with van der Waals surface area (Å²) in [7, 11) is -3.98. The van der Waals surface area contributed by atoms with Crippen LogP contribution in [-0.2, 0) is 14.8 Å². The zero-order chi connectivity index (χ0) is 17.7. The molecule has 4 saturated carbocycles. The Morgan fingerprint density at radius 2 is 1.76 bits per heavy atom. The van der Waals surface area contributed by atoms with Gasteiger partial charge in [-0.1, -0.05) is 5.57 Å². The van der Waals surface area contributed by atoms with Gasteiger partial charge < -0.3 is 0 Å². The van der Waals surface area contributed by atoms with E-state index >= 15 is 0 Å². The number of carbonyl (C=O) groups is 1. The summed E-state index contributed by atoms with van der Waals surface area (Å²) in [5.41, 5.74) is 1.13. The summed E-state index contributed by atoms with van der Waals surface area (Å²) in [6.07, 6.45) is 12.7. The number of rotatable bonds is 4. The predicted molar refractivity (Wildman–Crippen MR) is 91.7 cm³/mol. The molecule has 0 aliphatic heterocycles. The molecule has 1 heterocycles. The number of carbonyl (C=O) groups excluding carboxylic acids is 1. The molecule has 7 heteroatoms. The van der Waals surface area contributed by atoms with E-state index in [-0.39, 0.29) is 10.4 Å². The van der Waals surface area contributed by atoms with Gasteiger partial charge in [-0.3, -0.25) is 9.78 Å². The van der Waals surface area contributed by atoms with Crippen LogP contribution >= 0.6 is 0 Å². The molecule has 0 unspecified atom stereocenters. The smallest absolute Gasteiger partial charge is 0.269 e. The van der Waals surface area contributed by atoms with Gasteiger partial charge in [-0.2, -0.15) is 8.42 Å². The van der Waals surface area contributed by atoms with E-state index in [1.165, 1.54) is 37.7 Å². The van der Waals surface area contributed by atoms with Crippen molar-refractivity contribution in [2.45, 2.75) is 50.5 Å². The van der Waals surface area contributed by atoms with Gasteiger partial charge in [0.2, 0.25) is 0 Å². The van der Waals surface area contributed by atoms with Crippen LogP contribution in [0.4, 0.5) is 0 Å². The minimum atomic E-state index is -3.98. The van der Waals surface area contributed by atoms with Crippen molar-refractivity contribution in [3.05, 3.63) is 30.2 Å². The number of nitrogens with one attached hydrogen (secondary N) is 1. The molecule has 0 spiro atoms. The van der Waals surface area contributed by atoms with Crippen LogP contribution in [0.15, 0.2) is 35.3 Å². The Hall–Kier alpha value is -1.76. The molecule has 134 valence electrons. The van der Waals surface area contributed by atoms with E-state index in [0.29, 0.717) is 0 Å². The van der Waals surface area contributed by atoms with Crippen molar-refractivity contribution in [2.75, 3.05) is 0 Å². The number of hydrogen-bond donors (Lipinski definition) is 1. The van der Waals surface area contributed by atoms with Gasteiger partial charge in [0, 0.05) is 18.5 Å². The summed E-state index contributed by atoms with van der Waals surface area (Å²) in [6, 6.07) is 0. The topological polar surface area (TPSA) is 89.0 Å². The second kappa shape index (κ2) is 5.90. The molecule has 4 bridgehead atoms. The van der Waals surface area contributed by atoms with Crippen molar-refractivity contribution in [1.82, 2.24) is 14.7 Å². The van der Waals surface area contributed by atoms with Crippen LogP contribution in [0.2, 0.25) is 0 Å². The molecule has 5 rings (SSSR count). The van der Waals surface area contributed by atoms with Crippen LogP contribution in [-0.4, -0.2) is 24.3 Å². The minimum absolute atomic E-state index is 0.0996. The molecule has 1 aromatic rings. The second-order valence-electron chi connectivity index (χ2n) is 8.04. The first-order valence-corrected chi connectivity index (χ1v) is 10.4. The highest BCUT2D eigenvalue weighted by Gasteiger charge is 2.51. The molecule has 4 aliphatic rings. The van der Waals surface area contributed by atoms with Gasteiger partial charge in [0.25, 0.3) is 15.9 Å². The van der Waals surface area contributed by atoms with Gasteiger partial charge in [0.15, 0.2) is 5.03 Å². The average Bonchev–Trinajstić information content (AvgIpc) is 2.53. The van der Waals surface area contributed by atoms with Crippen molar-refractivity contribution in [3.63, 3.8) is 0 Å². The maximum Gasteiger partial charge on any atom is 0.283 e. The van der Waals surface area contributed by atoms with E-state index in [9.17, 15) is 13.2 Å². The molecule has 1 amide bonds. The van der Waals surface area contributed by atoms with Crippen molar-refractivity contribution in [3.8, 4) is 0 Å². The van der Waals surface area contributed by atoms with Crippen molar-refractivity contribution in [1.29, 1.82) is 0 Å². The molecule has 0 radical (unpaired) electrons. The monoisotopic (exact) mass is 361 g/mol. The predicted octanol–water partition coefficient (Wildman–Crippen LogP) is 2.44. The summed E-state index contributed by atoms with van der Waals surface area (Å²) in [5.74, 6) is 1.74. The van der Waals surface area contributed by atoms with Gasteiger partial charge >= 0.3 is 0 Å². The first-order chi connectivity index (χ1) is 11.9. The fourth-order valence-electron chi connectivity index (χ4n) is 5.58. The maximum atomic E-state index is 12.3. The highest BCUT2D eigenvalue weighted by atomic mass is 32.2. The molecule has 0 saturated heterocycles. The van der Waals surface area contributed by atoms with Crippen molar-refractivity contribution >= 4 is 15.9 Å². The summed E-state index contributed by atoms with van der Waals surface area (Å²) >= 11 is 0. The van der Waals surface area contributed by atoms with Gasteiger partial charge in [0.05, 0.1) is 6.20 Å². The van der Waals surface area contributed by atoms with E-state index < -0.39 is 15.9 Å². The lowest BCUT2D eigenvalue weighted by molar-refractivity contribution is -0.115. The van der Waals surface area contributed by atoms with Gasteiger partial charge in [-0.25, -0.2) is 9.71 Å². The number of sulfonamides is 1. The van der Waals surface area contributed by atoms with Crippen LogP contribution in [0, 0.1) is 23.2 Å². The maximum absolute atomic E-state index is 12.3. The number of hydrogen-bond acceptors (Lipinski definition) is 5. The van der Waals surface area contributed by atoms with Crippen molar-refractivity contribution in [2.24, 2.45) is 23.2 Å². The molecule has 0 aromatic carbocycles. The molecular formula is C18H23N3O3S. The Morgan fingerprint density at radius 3 is 2.28 bits per heavy atom. The lowest BCUT2D eigenvalue weighted by atomic mass is 9.48. The molecule has 25 heavy (non-hydrogen) atoms. The van der Waals surface area contributed by atoms with Gasteiger partial charge in [-0.05, 0) is 68.6 Å². The highest BCUT2D eigenvalue weighted by Crippen LogP contribution is 2.62. The van der Waals surface area contributed by atoms with E-state index in [0.717, 1.165) is 48.8 Å². The lowest BCUT2D eigenvalue weighted by Gasteiger charge is -2.57. The number of allylic oxidation sites excluding steroid dienone is 1. The van der Waals surface area contributed by atoms with E-state index in [1.807, 2.05) is 6.92 Å². The fourth-order valence-corrected chi connectivity index (χ4v) is 6.41. The summed E-state index contributed by atoms with van der Waals surface area (Å²) in [6.45, 7) is 1.99. The average molecular weight is 361 g/mol. The zero-order valence-electron chi connectivity index (χ0n) is 14.3. The largest absolute Gasteiger partial charge is 0.283 e. The summed E-state index contributed by atoms with van der Waals surface area (Å²) in [5, 5.41) is -0.246.